The smallest absolute Gasteiger partial charge is 0.271 e. The fourth-order valence-electron chi connectivity index (χ4n) is 1.46. The first-order valence-electron chi connectivity index (χ1n) is 4.44. The molecule has 0 aromatic heterocycles. The molecule has 12 heavy (non-hydrogen) atoms. The van der Waals surface area contributed by atoms with Crippen molar-refractivity contribution in [1.82, 2.24) is 0 Å². The third kappa shape index (κ3) is 2.98. The predicted molar refractivity (Wildman–Crippen MR) is 50.3 cm³/mol. The molecule has 0 saturated carbocycles. The van der Waals surface area contributed by atoms with Crippen LogP contribution in [0.15, 0.2) is 0 Å². The quantitative estimate of drug-likeness (QED) is 0.663. The fourth-order valence-corrected chi connectivity index (χ4v) is 4.37. The molecule has 0 spiro atoms. The van der Waals surface area contributed by atoms with Crippen LogP contribution in [0.2, 0.25) is 0 Å². The van der Waals surface area contributed by atoms with Crippen LogP contribution in [0, 0.1) is 5.92 Å². The van der Waals surface area contributed by atoms with Crippen LogP contribution in [0.3, 0.4) is 0 Å². The summed E-state index contributed by atoms with van der Waals surface area (Å²) in [5.74, 6) is 0.581. The van der Waals surface area contributed by atoms with Gasteiger partial charge in [-0.1, -0.05) is 6.92 Å². The second-order valence-corrected chi connectivity index (χ2v) is 6.55. The molecule has 0 amide bonds. The summed E-state index contributed by atoms with van der Waals surface area (Å²) in [5, 5.41) is 8.97. The third-order valence-electron chi connectivity index (χ3n) is 2.12. The Morgan fingerprint density at radius 1 is 1.67 bits per heavy atom. The molecule has 72 valence electrons. The summed E-state index contributed by atoms with van der Waals surface area (Å²) in [7, 11) is -2.09. The van der Waals surface area contributed by atoms with Crippen molar-refractivity contribution >= 4 is 7.72 Å². The summed E-state index contributed by atoms with van der Waals surface area (Å²) in [6.07, 6.45) is 2.20. The van der Waals surface area contributed by atoms with E-state index in [2.05, 4.69) is 6.92 Å². The molecule has 1 aliphatic heterocycles. The van der Waals surface area contributed by atoms with E-state index in [1.807, 2.05) is 0 Å². The molecular formula is C8H18O3P+. The van der Waals surface area contributed by atoms with Gasteiger partial charge in [-0.25, -0.2) is 9.42 Å². The predicted octanol–water partition coefficient (Wildman–Crippen LogP) is 1.26. The van der Waals surface area contributed by atoms with Gasteiger partial charge in [-0.2, -0.15) is 0 Å². The largest absolute Gasteiger partial charge is 0.391 e. The molecule has 0 aliphatic carbocycles. The summed E-state index contributed by atoms with van der Waals surface area (Å²) in [6.45, 7) is 4.08. The monoisotopic (exact) mass is 193 g/mol. The lowest BCUT2D eigenvalue weighted by Gasteiger charge is -2.13. The van der Waals surface area contributed by atoms with E-state index in [0.29, 0.717) is 5.92 Å². The molecule has 1 fully saturated rings. The van der Waals surface area contributed by atoms with Crippen molar-refractivity contribution in [2.45, 2.75) is 26.4 Å². The molecule has 4 heteroatoms. The van der Waals surface area contributed by atoms with Gasteiger partial charge >= 0.3 is 0 Å². The Bertz CT molecular complexity index is 151. The molecule has 0 aromatic carbocycles. The molecule has 3 unspecified atom stereocenters. The average Bonchev–Trinajstić information content (AvgIpc) is 2.29. The first-order chi connectivity index (χ1) is 5.52. The molecule has 0 bridgehead atoms. The highest BCUT2D eigenvalue weighted by Gasteiger charge is 2.45. The van der Waals surface area contributed by atoms with Crippen LogP contribution in [-0.2, 0) is 4.52 Å². The normalized spacial score (nSPS) is 38.5. The van der Waals surface area contributed by atoms with Crippen LogP contribution in [0.25, 0.3) is 0 Å². The van der Waals surface area contributed by atoms with Gasteiger partial charge in [0.25, 0.3) is 7.72 Å². The number of hydrogen-bond acceptors (Lipinski definition) is 3. The number of rotatable bonds is 3. The highest BCUT2D eigenvalue weighted by molar-refractivity contribution is 7.65. The molecule has 1 aliphatic rings. The SMILES string of the molecule is CC(O)CO[P+]1(O)CCC(C)C1. The minimum absolute atomic E-state index is 0.275. The number of aliphatic hydroxyl groups excluding tert-OH is 1. The van der Waals surface area contributed by atoms with Gasteiger partial charge in [-0.3, -0.25) is 0 Å². The Morgan fingerprint density at radius 3 is 2.75 bits per heavy atom. The van der Waals surface area contributed by atoms with Crippen molar-refractivity contribution in [3.05, 3.63) is 0 Å². The Morgan fingerprint density at radius 2 is 2.33 bits per heavy atom. The van der Waals surface area contributed by atoms with Crippen LogP contribution in [0.4, 0.5) is 0 Å². The van der Waals surface area contributed by atoms with Crippen molar-refractivity contribution < 1.29 is 14.5 Å². The minimum atomic E-state index is -2.09. The zero-order valence-corrected chi connectivity index (χ0v) is 8.63. The maximum atomic E-state index is 9.89. The van der Waals surface area contributed by atoms with E-state index < -0.39 is 13.8 Å². The molecule has 1 saturated heterocycles. The highest BCUT2D eigenvalue weighted by Crippen LogP contribution is 2.62. The average molecular weight is 193 g/mol. The van der Waals surface area contributed by atoms with Crippen LogP contribution in [-0.4, -0.2) is 35.0 Å². The standard InChI is InChI=1S/C8H18O3P/c1-7-3-4-12(10,6-7)11-5-8(2)9/h7-10H,3-6H2,1-2H3/q+1. The summed E-state index contributed by atoms with van der Waals surface area (Å²) in [6, 6.07) is 0. The Kier molecular flexibility index (Phi) is 3.47. The molecule has 2 N–H and O–H groups in total. The van der Waals surface area contributed by atoms with Crippen molar-refractivity contribution in [3.8, 4) is 0 Å². The Hall–Kier alpha value is 0.310. The van der Waals surface area contributed by atoms with Crippen LogP contribution in [0.1, 0.15) is 20.3 Å². The van der Waals surface area contributed by atoms with Gasteiger partial charge < -0.3 is 5.11 Å². The van der Waals surface area contributed by atoms with Crippen molar-refractivity contribution in [2.24, 2.45) is 5.92 Å². The number of hydrogen-bond donors (Lipinski definition) is 2. The van der Waals surface area contributed by atoms with Gasteiger partial charge in [0.15, 0.2) is 0 Å². The van der Waals surface area contributed by atoms with Gasteiger partial charge in [-0.05, 0) is 19.3 Å². The molecule has 3 nitrogen and oxygen atoms in total. The fraction of sp³-hybridized carbons (Fsp3) is 1.00. The lowest BCUT2D eigenvalue weighted by atomic mass is 10.2. The topological polar surface area (TPSA) is 49.7 Å². The van der Waals surface area contributed by atoms with Crippen molar-refractivity contribution in [3.63, 3.8) is 0 Å². The second-order valence-electron chi connectivity index (χ2n) is 3.79. The lowest BCUT2D eigenvalue weighted by molar-refractivity contribution is 0.119. The zero-order valence-electron chi connectivity index (χ0n) is 7.73. The van der Waals surface area contributed by atoms with Gasteiger partial charge in [0.2, 0.25) is 0 Å². The molecule has 1 rings (SSSR count). The Balaban J connectivity index is 2.30. The Labute approximate surface area is 74.2 Å². The summed E-state index contributed by atoms with van der Waals surface area (Å²) in [4.78, 5) is 9.89. The summed E-state index contributed by atoms with van der Waals surface area (Å²) < 4.78 is 5.34. The second kappa shape index (κ2) is 4.01. The van der Waals surface area contributed by atoms with E-state index >= 15 is 0 Å². The lowest BCUT2D eigenvalue weighted by Crippen LogP contribution is -2.12. The molecule has 1 heterocycles. The van der Waals surface area contributed by atoms with Gasteiger partial charge in [0, 0.05) is 0 Å². The van der Waals surface area contributed by atoms with E-state index in [1.165, 1.54) is 0 Å². The maximum Gasteiger partial charge on any atom is 0.271 e. The van der Waals surface area contributed by atoms with Crippen LogP contribution < -0.4 is 0 Å². The highest BCUT2D eigenvalue weighted by atomic mass is 31.2. The zero-order chi connectivity index (χ0) is 9.19. The first-order valence-corrected chi connectivity index (χ1v) is 6.47. The van der Waals surface area contributed by atoms with Gasteiger partial charge in [0.1, 0.15) is 18.9 Å². The van der Waals surface area contributed by atoms with E-state index in [9.17, 15) is 4.89 Å². The van der Waals surface area contributed by atoms with Crippen molar-refractivity contribution in [1.29, 1.82) is 0 Å². The van der Waals surface area contributed by atoms with Gasteiger partial charge in [0.05, 0.1) is 6.10 Å². The van der Waals surface area contributed by atoms with E-state index in [1.54, 1.807) is 6.92 Å². The van der Waals surface area contributed by atoms with E-state index in [0.717, 1.165) is 18.7 Å². The first kappa shape index (κ1) is 10.4. The van der Waals surface area contributed by atoms with Gasteiger partial charge in [-0.15, -0.1) is 0 Å². The number of aliphatic hydroxyl groups is 1. The minimum Gasteiger partial charge on any atom is -0.391 e. The molecule has 0 radical (unpaired) electrons. The third-order valence-corrected chi connectivity index (χ3v) is 4.90. The molecular weight excluding hydrogens is 175 g/mol. The van der Waals surface area contributed by atoms with E-state index in [4.69, 9.17) is 9.63 Å². The van der Waals surface area contributed by atoms with Crippen molar-refractivity contribution in [2.75, 3.05) is 18.9 Å². The molecule has 0 aromatic rings. The van der Waals surface area contributed by atoms with Crippen LogP contribution >= 0.6 is 7.72 Å². The maximum absolute atomic E-state index is 9.89. The summed E-state index contributed by atoms with van der Waals surface area (Å²) >= 11 is 0. The van der Waals surface area contributed by atoms with Crippen LogP contribution in [0.5, 0.6) is 0 Å². The molecule has 3 atom stereocenters. The summed E-state index contributed by atoms with van der Waals surface area (Å²) in [5.41, 5.74) is 0. The van der Waals surface area contributed by atoms with E-state index in [-0.39, 0.29) is 6.61 Å².